The molecule has 0 radical (unpaired) electrons. The van der Waals surface area contributed by atoms with E-state index in [1.807, 2.05) is 11.9 Å². The summed E-state index contributed by atoms with van der Waals surface area (Å²) in [5.41, 5.74) is 2.16. The van der Waals surface area contributed by atoms with Crippen LogP contribution in [0.5, 0.6) is 11.5 Å². The molecule has 0 atom stereocenters. The highest BCUT2D eigenvalue weighted by Gasteiger charge is 2.31. The Hall–Kier alpha value is -1.81. The average molecular weight is 539 g/mol. The van der Waals surface area contributed by atoms with Crippen LogP contribution >= 0.6 is 31.9 Å². The van der Waals surface area contributed by atoms with Gasteiger partial charge in [-0.25, -0.2) is 9.97 Å². The SMILES string of the molecule is CCC(C)=CCN(C)c1nc(-c2ccc(OC(F)(F)F)cc2OC)c(Br)nc1Br. The molecule has 0 saturated carbocycles. The van der Waals surface area contributed by atoms with Crippen LogP contribution in [0, 0.1) is 0 Å². The van der Waals surface area contributed by atoms with E-state index in [2.05, 4.69) is 66.5 Å². The van der Waals surface area contributed by atoms with Crippen LogP contribution in [0.3, 0.4) is 0 Å². The Morgan fingerprint density at radius 3 is 2.48 bits per heavy atom. The first kappa shape index (κ1) is 23.5. The van der Waals surface area contributed by atoms with Crippen molar-refractivity contribution >= 4 is 37.7 Å². The van der Waals surface area contributed by atoms with E-state index in [1.165, 1.54) is 24.8 Å². The number of alkyl halides is 3. The predicted molar refractivity (Wildman–Crippen MR) is 113 cm³/mol. The molecule has 2 rings (SSSR count). The van der Waals surface area contributed by atoms with E-state index in [0.717, 1.165) is 12.5 Å². The van der Waals surface area contributed by atoms with Gasteiger partial charge >= 0.3 is 6.36 Å². The van der Waals surface area contributed by atoms with Gasteiger partial charge in [0.25, 0.3) is 0 Å². The molecule has 0 bridgehead atoms. The first-order valence-electron chi connectivity index (χ1n) is 8.59. The Morgan fingerprint density at radius 2 is 1.90 bits per heavy atom. The molecule has 29 heavy (non-hydrogen) atoms. The van der Waals surface area contributed by atoms with Crippen molar-refractivity contribution in [2.24, 2.45) is 0 Å². The smallest absolute Gasteiger partial charge is 0.496 e. The topological polar surface area (TPSA) is 47.5 Å². The van der Waals surface area contributed by atoms with Gasteiger partial charge in [-0.2, -0.15) is 0 Å². The molecule has 0 aliphatic carbocycles. The van der Waals surface area contributed by atoms with E-state index < -0.39 is 6.36 Å². The molecule has 2 aromatic rings. The molecule has 0 N–H and O–H groups in total. The predicted octanol–water partition coefficient (Wildman–Crippen LogP) is 6.37. The minimum absolute atomic E-state index is 0.180. The molecular weight excluding hydrogens is 519 g/mol. The van der Waals surface area contributed by atoms with Crippen LogP contribution in [-0.2, 0) is 0 Å². The first-order chi connectivity index (χ1) is 13.6. The van der Waals surface area contributed by atoms with Gasteiger partial charge < -0.3 is 14.4 Å². The molecule has 1 aromatic heterocycles. The van der Waals surface area contributed by atoms with E-state index in [0.29, 0.717) is 32.8 Å². The molecule has 158 valence electrons. The summed E-state index contributed by atoms with van der Waals surface area (Å²) in [7, 11) is 3.24. The van der Waals surface area contributed by atoms with Gasteiger partial charge in [0.15, 0.2) is 5.82 Å². The Morgan fingerprint density at radius 1 is 1.21 bits per heavy atom. The second kappa shape index (κ2) is 9.80. The van der Waals surface area contributed by atoms with Gasteiger partial charge in [-0.1, -0.05) is 18.6 Å². The molecule has 0 unspecified atom stereocenters. The second-order valence-electron chi connectivity index (χ2n) is 6.17. The molecule has 1 heterocycles. The summed E-state index contributed by atoms with van der Waals surface area (Å²) in [6.45, 7) is 4.76. The van der Waals surface area contributed by atoms with Gasteiger partial charge in [0.2, 0.25) is 0 Å². The highest BCUT2D eigenvalue weighted by Crippen LogP contribution is 2.38. The lowest BCUT2D eigenvalue weighted by Gasteiger charge is -2.20. The lowest BCUT2D eigenvalue weighted by molar-refractivity contribution is -0.274. The molecule has 5 nitrogen and oxygen atoms in total. The number of aromatic nitrogens is 2. The van der Waals surface area contributed by atoms with Gasteiger partial charge in [-0.15, -0.1) is 13.2 Å². The van der Waals surface area contributed by atoms with E-state index in [1.54, 1.807) is 0 Å². The number of rotatable bonds is 7. The monoisotopic (exact) mass is 537 g/mol. The van der Waals surface area contributed by atoms with Crippen molar-refractivity contribution in [1.82, 2.24) is 9.97 Å². The van der Waals surface area contributed by atoms with Crippen molar-refractivity contribution in [2.45, 2.75) is 26.6 Å². The van der Waals surface area contributed by atoms with Crippen molar-refractivity contribution < 1.29 is 22.6 Å². The number of halogens is 5. The molecule has 0 aliphatic heterocycles. The zero-order chi connectivity index (χ0) is 21.8. The maximum absolute atomic E-state index is 12.5. The van der Waals surface area contributed by atoms with E-state index >= 15 is 0 Å². The number of nitrogens with zero attached hydrogens (tertiary/aromatic N) is 3. The lowest BCUT2D eigenvalue weighted by Crippen LogP contribution is -2.20. The van der Waals surface area contributed by atoms with E-state index in [9.17, 15) is 13.2 Å². The molecular formula is C19H20Br2F3N3O2. The number of likely N-dealkylation sites (N-methyl/N-ethyl adjacent to an activating group) is 1. The lowest BCUT2D eigenvalue weighted by atomic mass is 10.1. The van der Waals surface area contributed by atoms with Crippen LogP contribution in [0.1, 0.15) is 20.3 Å². The quantitative estimate of drug-likeness (QED) is 0.383. The highest BCUT2D eigenvalue weighted by molar-refractivity contribution is 9.11. The Bertz CT molecular complexity index is 905. The zero-order valence-electron chi connectivity index (χ0n) is 16.3. The summed E-state index contributed by atoms with van der Waals surface area (Å²) in [5, 5.41) is 0. The van der Waals surface area contributed by atoms with Crippen LogP contribution in [-0.4, -0.2) is 37.0 Å². The molecule has 0 spiro atoms. The maximum Gasteiger partial charge on any atom is 0.573 e. The molecule has 0 fully saturated rings. The van der Waals surface area contributed by atoms with Crippen LogP contribution in [0.2, 0.25) is 0 Å². The fourth-order valence-electron chi connectivity index (χ4n) is 2.39. The minimum atomic E-state index is -4.79. The van der Waals surface area contributed by atoms with Gasteiger partial charge in [0, 0.05) is 25.2 Å². The third kappa shape index (κ3) is 6.33. The third-order valence-electron chi connectivity index (χ3n) is 4.09. The highest BCUT2D eigenvalue weighted by atomic mass is 79.9. The second-order valence-corrected chi connectivity index (χ2v) is 7.67. The number of methoxy groups -OCH3 is 1. The summed E-state index contributed by atoms with van der Waals surface area (Å²) >= 11 is 6.79. The van der Waals surface area contributed by atoms with Crippen molar-refractivity contribution in [3.8, 4) is 22.8 Å². The molecule has 0 amide bonds. The number of hydrogen-bond donors (Lipinski definition) is 0. The summed E-state index contributed by atoms with van der Waals surface area (Å²) in [5.74, 6) is 0.386. The fourth-order valence-corrected chi connectivity index (χ4v) is 3.68. The Kier molecular flexibility index (Phi) is 7.93. The van der Waals surface area contributed by atoms with Crippen LogP contribution in [0.4, 0.5) is 19.0 Å². The molecule has 10 heteroatoms. The number of ether oxygens (including phenoxy) is 2. The van der Waals surface area contributed by atoms with Gasteiger partial charge in [0.05, 0.1) is 7.11 Å². The number of hydrogen-bond acceptors (Lipinski definition) is 5. The standard InChI is InChI=1S/C19H20Br2F3N3O2/c1-5-11(2)8-9-27(3)18-17(21)26-16(20)15(25-18)13-7-6-12(10-14(13)28-4)29-19(22,23)24/h6-8,10H,5,9H2,1-4H3. The van der Waals surface area contributed by atoms with Crippen molar-refractivity contribution in [2.75, 3.05) is 25.6 Å². The number of anilines is 1. The molecule has 1 aromatic carbocycles. The Balaban J connectivity index is 2.46. The average Bonchev–Trinajstić information content (AvgIpc) is 2.64. The normalized spacial score (nSPS) is 12.1. The summed E-state index contributed by atoms with van der Waals surface area (Å²) in [6.07, 6.45) is -1.74. The summed E-state index contributed by atoms with van der Waals surface area (Å²) in [4.78, 5) is 11.0. The van der Waals surface area contributed by atoms with Crippen LogP contribution < -0.4 is 14.4 Å². The Labute approximate surface area is 184 Å². The van der Waals surface area contributed by atoms with Crippen molar-refractivity contribution in [1.29, 1.82) is 0 Å². The number of allylic oxidation sites excluding steroid dienone is 1. The first-order valence-corrected chi connectivity index (χ1v) is 10.2. The molecule has 0 saturated heterocycles. The number of benzene rings is 1. The molecule has 0 aliphatic rings. The van der Waals surface area contributed by atoms with Crippen LogP contribution in [0.15, 0.2) is 39.1 Å². The van der Waals surface area contributed by atoms with E-state index in [4.69, 9.17) is 4.74 Å². The van der Waals surface area contributed by atoms with Gasteiger partial charge in [0.1, 0.15) is 26.4 Å². The summed E-state index contributed by atoms with van der Waals surface area (Å²) < 4.78 is 47.7. The van der Waals surface area contributed by atoms with Gasteiger partial charge in [-0.05, 0) is 57.3 Å². The van der Waals surface area contributed by atoms with Crippen LogP contribution in [0.25, 0.3) is 11.3 Å². The fraction of sp³-hybridized carbons (Fsp3) is 0.368. The largest absolute Gasteiger partial charge is 0.573 e. The van der Waals surface area contributed by atoms with Crippen molar-refractivity contribution in [3.05, 3.63) is 39.1 Å². The zero-order valence-corrected chi connectivity index (χ0v) is 19.4. The summed E-state index contributed by atoms with van der Waals surface area (Å²) in [6, 6.07) is 3.82. The third-order valence-corrected chi connectivity index (χ3v) is 5.17. The van der Waals surface area contributed by atoms with Gasteiger partial charge in [-0.3, -0.25) is 0 Å². The van der Waals surface area contributed by atoms with Crippen molar-refractivity contribution in [3.63, 3.8) is 0 Å². The minimum Gasteiger partial charge on any atom is -0.496 e. The van der Waals surface area contributed by atoms with E-state index in [-0.39, 0.29) is 11.5 Å². The maximum atomic E-state index is 12.5.